The number of hydrogen-bond acceptors (Lipinski definition) is 4. The first-order valence-corrected chi connectivity index (χ1v) is 5.79. The number of ketones is 1. The van der Waals surface area contributed by atoms with Crippen LogP contribution in [0.1, 0.15) is 23.0 Å². The van der Waals surface area contributed by atoms with E-state index < -0.39 is 4.92 Å². The molecular formula is C12H10ClN3O3. The molecule has 0 aliphatic heterocycles. The summed E-state index contributed by atoms with van der Waals surface area (Å²) in [5, 5.41) is 15.4. The van der Waals surface area contributed by atoms with Crippen molar-refractivity contribution in [3.05, 3.63) is 50.8 Å². The molecule has 98 valence electrons. The number of non-ortho nitro benzene ring substituents is 1. The Morgan fingerprint density at radius 1 is 1.47 bits per heavy atom. The molecule has 0 fully saturated rings. The normalized spacial score (nSPS) is 10.5. The van der Waals surface area contributed by atoms with Crippen molar-refractivity contribution in [3.8, 4) is 5.69 Å². The summed E-state index contributed by atoms with van der Waals surface area (Å²) in [7, 11) is 0. The summed E-state index contributed by atoms with van der Waals surface area (Å²) in [6.45, 7) is 3.08. The molecule has 2 rings (SSSR count). The zero-order chi connectivity index (χ0) is 14.2. The van der Waals surface area contributed by atoms with E-state index in [0.717, 1.165) is 0 Å². The lowest BCUT2D eigenvalue weighted by Gasteiger charge is -2.06. The van der Waals surface area contributed by atoms with E-state index in [0.29, 0.717) is 16.4 Å². The first-order valence-electron chi connectivity index (χ1n) is 5.41. The number of nitrogens with zero attached hydrogens (tertiary/aromatic N) is 3. The Bertz CT molecular complexity index is 659. The van der Waals surface area contributed by atoms with Gasteiger partial charge in [-0.15, -0.1) is 0 Å². The van der Waals surface area contributed by atoms with E-state index in [9.17, 15) is 14.9 Å². The maximum Gasteiger partial charge on any atom is 0.270 e. The second-order valence-electron chi connectivity index (χ2n) is 4.02. The van der Waals surface area contributed by atoms with Crippen LogP contribution in [0.25, 0.3) is 5.69 Å². The Balaban J connectivity index is 2.63. The van der Waals surface area contributed by atoms with Crippen molar-refractivity contribution in [1.29, 1.82) is 0 Å². The van der Waals surface area contributed by atoms with Gasteiger partial charge in [0.25, 0.3) is 5.69 Å². The number of aryl methyl sites for hydroxylation is 1. The van der Waals surface area contributed by atoms with E-state index in [1.807, 2.05) is 0 Å². The molecule has 0 saturated heterocycles. The van der Waals surface area contributed by atoms with Gasteiger partial charge in [0, 0.05) is 23.9 Å². The molecule has 0 saturated carbocycles. The molecule has 0 atom stereocenters. The molecule has 6 nitrogen and oxygen atoms in total. The summed E-state index contributed by atoms with van der Waals surface area (Å²) in [5.74, 6) is -0.275. The Morgan fingerprint density at radius 3 is 2.63 bits per heavy atom. The lowest BCUT2D eigenvalue weighted by Crippen LogP contribution is -2.05. The van der Waals surface area contributed by atoms with Crippen molar-refractivity contribution in [2.45, 2.75) is 13.8 Å². The number of benzene rings is 1. The van der Waals surface area contributed by atoms with Gasteiger partial charge >= 0.3 is 0 Å². The van der Waals surface area contributed by atoms with E-state index in [1.165, 1.54) is 29.8 Å². The van der Waals surface area contributed by atoms with Crippen molar-refractivity contribution in [2.75, 3.05) is 0 Å². The highest BCUT2D eigenvalue weighted by atomic mass is 35.5. The standard InChI is InChI=1S/C12H10ClN3O3/c1-7-11(13)6-15(14-7)12-4-3-9(16(18)19)5-10(12)8(2)17/h3-6H,1-2H3. The predicted molar refractivity (Wildman–Crippen MR) is 70.0 cm³/mol. The van der Waals surface area contributed by atoms with Crippen LogP contribution in [-0.4, -0.2) is 20.5 Å². The molecule has 7 heteroatoms. The fourth-order valence-electron chi connectivity index (χ4n) is 1.68. The molecular weight excluding hydrogens is 270 g/mol. The Kier molecular flexibility index (Phi) is 3.35. The Morgan fingerprint density at radius 2 is 2.16 bits per heavy atom. The fourth-order valence-corrected chi connectivity index (χ4v) is 1.81. The van der Waals surface area contributed by atoms with Crippen LogP contribution >= 0.6 is 11.6 Å². The highest BCUT2D eigenvalue weighted by Gasteiger charge is 2.16. The zero-order valence-corrected chi connectivity index (χ0v) is 11.0. The van der Waals surface area contributed by atoms with Crippen molar-refractivity contribution in [3.63, 3.8) is 0 Å². The summed E-state index contributed by atoms with van der Waals surface area (Å²) in [6.07, 6.45) is 1.56. The number of Topliss-reactive ketones (excluding diaryl/α,β-unsaturated/α-hetero) is 1. The molecule has 0 N–H and O–H groups in total. The van der Waals surface area contributed by atoms with Gasteiger partial charge in [-0.1, -0.05) is 11.6 Å². The summed E-state index contributed by atoms with van der Waals surface area (Å²) >= 11 is 5.92. The van der Waals surface area contributed by atoms with Crippen molar-refractivity contribution < 1.29 is 9.72 Å². The zero-order valence-electron chi connectivity index (χ0n) is 10.3. The van der Waals surface area contributed by atoms with Gasteiger partial charge in [0.15, 0.2) is 5.78 Å². The third-order valence-corrected chi connectivity index (χ3v) is 3.03. The lowest BCUT2D eigenvalue weighted by atomic mass is 10.1. The number of carbonyl (C=O) groups excluding carboxylic acids is 1. The van der Waals surface area contributed by atoms with Crippen molar-refractivity contribution >= 4 is 23.1 Å². The van der Waals surface area contributed by atoms with Gasteiger partial charge in [-0.05, 0) is 19.9 Å². The van der Waals surface area contributed by atoms with Crippen molar-refractivity contribution in [2.24, 2.45) is 0 Å². The van der Waals surface area contributed by atoms with Gasteiger partial charge in [0.1, 0.15) is 0 Å². The van der Waals surface area contributed by atoms with Gasteiger partial charge in [-0.25, -0.2) is 4.68 Å². The third-order valence-electron chi connectivity index (χ3n) is 2.66. The van der Waals surface area contributed by atoms with Gasteiger partial charge < -0.3 is 0 Å². The average molecular weight is 280 g/mol. The fraction of sp³-hybridized carbons (Fsp3) is 0.167. The summed E-state index contributed by atoms with van der Waals surface area (Å²) in [6, 6.07) is 4.05. The maximum absolute atomic E-state index is 11.6. The number of nitro benzene ring substituents is 1. The minimum Gasteiger partial charge on any atom is -0.294 e. The highest BCUT2D eigenvalue weighted by Crippen LogP contribution is 2.23. The average Bonchev–Trinajstić information content (AvgIpc) is 2.68. The minimum atomic E-state index is -0.544. The second-order valence-corrected chi connectivity index (χ2v) is 4.43. The van der Waals surface area contributed by atoms with Crippen molar-refractivity contribution in [1.82, 2.24) is 9.78 Å². The van der Waals surface area contributed by atoms with Gasteiger partial charge in [0.2, 0.25) is 0 Å². The van der Waals surface area contributed by atoms with Crippen LogP contribution in [0.15, 0.2) is 24.4 Å². The van der Waals surface area contributed by atoms with Crippen LogP contribution in [0, 0.1) is 17.0 Å². The molecule has 19 heavy (non-hydrogen) atoms. The van der Waals surface area contributed by atoms with Crippen LogP contribution in [0.2, 0.25) is 5.02 Å². The molecule has 1 heterocycles. The molecule has 0 radical (unpaired) electrons. The summed E-state index contributed by atoms with van der Waals surface area (Å²) in [4.78, 5) is 21.8. The van der Waals surface area contributed by atoms with E-state index in [-0.39, 0.29) is 17.0 Å². The molecule has 1 aromatic heterocycles. The van der Waals surface area contributed by atoms with Gasteiger partial charge in [-0.2, -0.15) is 5.10 Å². The number of halogens is 1. The molecule has 0 aliphatic rings. The number of aromatic nitrogens is 2. The summed E-state index contributed by atoms with van der Waals surface area (Å²) in [5.41, 5.74) is 1.18. The molecule has 0 bridgehead atoms. The third kappa shape index (κ3) is 2.48. The van der Waals surface area contributed by atoms with E-state index in [1.54, 1.807) is 13.1 Å². The van der Waals surface area contributed by atoms with Crippen LogP contribution < -0.4 is 0 Å². The van der Waals surface area contributed by atoms with Gasteiger partial charge in [0.05, 0.1) is 21.3 Å². The second kappa shape index (κ2) is 4.81. The van der Waals surface area contributed by atoms with E-state index >= 15 is 0 Å². The molecule has 0 aliphatic carbocycles. The van der Waals surface area contributed by atoms with Crippen LogP contribution in [0.5, 0.6) is 0 Å². The molecule has 0 spiro atoms. The van der Waals surface area contributed by atoms with Gasteiger partial charge in [-0.3, -0.25) is 14.9 Å². The summed E-state index contributed by atoms with van der Waals surface area (Å²) < 4.78 is 1.44. The topological polar surface area (TPSA) is 78.0 Å². The van der Waals surface area contributed by atoms with E-state index in [2.05, 4.69) is 5.10 Å². The highest BCUT2D eigenvalue weighted by molar-refractivity contribution is 6.31. The first kappa shape index (κ1) is 13.2. The monoisotopic (exact) mass is 279 g/mol. The molecule has 0 amide bonds. The quantitative estimate of drug-likeness (QED) is 0.491. The van der Waals surface area contributed by atoms with E-state index in [4.69, 9.17) is 11.6 Å². The predicted octanol–water partition coefficient (Wildman–Crippen LogP) is 2.94. The number of nitro groups is 1. The minimum absolute atomic E-state index is 0.135. The number of rotatable bonds is 3. The lowest BCUT2D eigenvalue weighted by molar-refractivity contribution is -0.384. The number of carbonyl (C=O) groups is 1. The maximum atomic E-state index is 11.6. The Hall–Kier alpha value is -2.21. The molecule has 1 aromatic carbocycles. The largest absolute Gasteiger partial charge is 0.294 e. The van der Waals surface area contributed by atoms with Crippen LogP contribution in [0.3, 0.4) is 0 Å². The van der Waals surface area contributed by atoms with Crippen LogP contribution in [0.4, 0.5) is 5.69 Å². The molecule has 2 aromatic rings. The SMILES string of the molecule is CC(=O)c1cc([N+](=O)[O-])ccc1-n1cc(Cl)c(C)n1. The first-order chi connectivity index (χ1) is 8.90. The number of hydrogen-bond donors (Lipinski definition) is 0. The molecule has 0 unspecified atom stereocenters. The smallest absolute Gasteiger partial charge is 0.270 e. The Labute approximate surface area is 113 Å². The van der Waals surface area contributed by atoms with Crippen LogP contribution in [-0.2, 0) is 0 Å².